The van der Waals surface area contributed by atoms with Crippen LogP contribution in [0.3, 0.4) is 0 Å². The van der Waals surface area contributed by atoms with Gasteiger partial charge in [-0.15, -0.1) is 0 Å². The molecule has 1 aromatic carbocycles. The summed E-state index contributed by atoms with van der Waals surface area (Å²) in [5.74, 6) is -0.571. The minimum absolute atomic E-state index is 0.248. The Bertz CT molecular complexity index is 488. The van der Waals surface area contributed by atoms with Crippen molar-refractivity contribution < 1.29 is 9.90 Å². The van der Waals surface area contributed by atoms with Crippen LogP contribution in [-0.4, -0.2) is 20.6 Å². The molecule has 0 saturated carbocycles. The number of imidazole rings is 1. The highest BCUT2D eigenvalue weighted by atomic mass is 16.4. The van der Waals surface area contributed by atoms with Crippen LogP contribution in [0.5, 0.6) is 0 Å². The Kier molecular flexibility index (Phi) is 2.13. The van der Waals surface area contributed by atoms with Crippen LogP contribution in [-0.2, 0) is 0 Å². The van der Waals surface area contributed by atoms with E-state index in [4.69, 9.17) is 10.8 Å². The molecule has 2 aromatic rings. The summed E-state index contributed by atoms with van der Waals surface area (Å²) in [4.78, 5) is 14.5. The van der Waals surface area contributed by atoms with E-state index in [-0.39, 0.29) is 5.56 Å². The van der Waals surface area contributed by atoms with E-state index in [1.54, 1.807) is 29.1 Å². The molecule has 0 aliphatic rings. The molecule has 1 heterocycles. The molecule has 0 saturated heterocycles. The van der Waals surface area contributed by atoms with Crippen molar-refractivity contribution in [2.75, 3.05) is 5.73 Å². The van der Waals surface area contributed by atoms with Crippen molar-refractivity contribution in [1.82, 2.24) is 9.55 Å². The minimum Gasteiger partial charge on any atom is -0.478 e. The number of benzene rings is 1. The second-order valence-corrected chi connectivity index (χ2v) is 3.01. The number of carboxylic acids is 1. The van der Waals surface area contributed by atoms with Crippen LogP contribution in [0.15, 0.2) is 36.7 Å². The summed E-state index contributed by atoms with van der Waals surface area (Å²) in [6.45, 7) is 0. The number of carbonyl (C=O) groups is 1. The number of rotatable bonds is 2. The molecule has 0 atom stereocenters. The van der Waals surface area contributed by atoms with Crippen molar-refractivity contribution in [3.63, 3.8) is 0 Å². The van der Waals surface area contributed by atoms with Gasteiger partial charge in [0.1, 0.15) is 0 Å². The van der Waals surface area contributed by atoms with E-state index in [1.165, 1.54) is 12.1 Å². The molecule has 5 heteroatoms. The fourth-order valence-electron chi connectivity index (χ4n) is 1.30. The van der Waals surface area contributed by atoms with Crippen LogP contribution in [0.2, 0.25) is 0 Å². The maximum Gasteiger partial charge on any atom is 0.335 e. The molecule has 15 heavy (non-hydrogen) atoms. The zero-order valence-corrected chi connectivity index (χ0v) is 7.79. The van der Waals surface area contributed by atoms with E-state index in [0.29, 0.717) is 5.95 Å². The van der Waals surface area contributed by atoms with Gasteiger partial charge in [0.15, 0.2) is 0 Å². The summed E-state index contributed by atoms with van der Waals surface area (Å²) >= 11 is 0. The van der Waals surface area contributed by atoms with Gasteiger partial charge in [-0.05, 0) is 24.3 Å². The number of carboxylic acid groups (broad SMARTS) is 1. The first-order valence-electron chi connectivity index (χ1n) is 4.31. The van der Waals surface area contributed by atoms with Gasteiger partial charge in [-0.25, -0.2) is 9.78 Å². The Labute approximate surface area is 85.8 Å². The molecule has 2 rings (SSSR count). The second kappa shape index (κ2) is 3.45. The quantitative estimate of drug-likeness (QED) is 0.767. The van der Waals surface area contributed by atoms with Gasteiger partial charge in [0.25, 0.3) is 0 Å². The Balaban J connectivity index is 2.40. The highest BCUT2D eigenvalue weighted by Gasteiger charge is 2.04. The van der Waals surface area contributed by atoms with Crippen molar-refractivity contribution in [3.8, 4) is 5.69 Å². The molecule has 0 aliphatic carbocycles. The largest absolute Gasteiger partial charge is 0.478 e. The van der Waals surface area contributed by atoms with E-state index < -0.39 is 5.97 Å². The number of anilines is 1. The first-order valence-corrected chi connectivity index (χ1v) is 4.31. The van der Waals surface area contributed by atoms with Crippen molar-refractivity contribution in [2.24, 2.45) is 0 Å². The number of hydrogen-bond acceptors (Lipinski definition) is 3. The van der Waals surface area contributed by atoms with Gasteiger partial charge in [0.05, 0.1) is 5.56 Å². The SMILES string of the molecule is Nc1nccn1-c1ccc(C(=O)O)cc1. The van der Waals surface area contributed by atoms with Crippen molar-refractivity contribution in [3.05, 3.63) is 42.2 Å². The van der Waals surface area contributed by atoms with E-state index in [1.807, 2.05) is 0 Å². The summed E-state index contributed by atoms with van der Waals surface area (Å²) in [6.07, 6.45) is 3.30. The summed E-state index contributed by atoms with van der Waals surface area (Å²) in [5, 5.41) is 8.72. The predicted octanol–water partition coefficient (Wildman–Crippen LogP) is 1.15. The number of aromatic nitrogens is 2. The molecule has 5 nitrogen and oxygen atoms in total. The topological polar surface area (TPSA) is 81.1 Å². The van der Waals surface area contributed by atoms with Crippen LogP contribution in [0.25, 0.3) is 5.69 Å². The van der Waals surface area contributed by atoms with E-state index >= 15 is 0 Å². The monoisotopic (exact) mass is 203 g/mol. The average Bonchev–Trinajstić information content (AvgIpc) is 2.65. The lowest BCUT2D eigenvalue weighted by Gasteiger charge is -2.04. The number of nitrogens with zero attached hydrogens (tertiary/aromatic N) is 2. The Morgan fingerprint density at radius 3 is 2.47 bits per heavy atom. The van der Waals surface area contributed by atoms with Gasteiger partial charge in [0, 0.05) is 18.1 Å². The highest BCUT2D eigenvalue weighted by Crippen LogP contribution is 2.12. The third kappa shape index (κ3) is 1.67. The molecule has 0 amide bonds. The maximum atomic E-state index is 10.6. The molecule has 0 aliphatic heterocycles. The number of aromatic carboxylic acids is 1. The zero-order chi connectivity index (χ0) is 10.8. The van der Waals surface area contributed by atoms with Gasteiger partial charge in [-0.1, -0.05) is 0 Å². The lowest BCUT2D eigenvalue weighted by molar-refractivity contribution is 0.0697. The molecule has 3 N–H and O–H groups in total. The first kappa shape index (κ1) is 9.26. The minimum atomic E-state index is -0.944. The van der Waals surface area contributed by atoms with Crippen molar-refractivity contribution in [2.45, 2.75) is 0 Å². The fraction of sp³-hybridized carbons (Fsp3) is 0. The van der Waals surface area contributed by atoms with Crippen molar-refractivity contribution in [1.29, 1.82) is 0 Å². The summed E-state index contributed by atoms with van der Waals surface area (Å²) in [7, 11) is 0. The van der Waals surface area contributed by atoms with Crippen LogP contribution in [0.1, 0.15) is 10.4 Å². The molecule has 0 spiro atoms. The smallest absolute Gasteiger partial charge is 0.335 e. The standard InChI is InChI=1S/C10H9N3O2/c11-10-12-5-6-13(10)8-3-1-7(2-4-8)9(14)15/h1-6H,(H2,11,12)(H,14,15). The molecular weight excluding hydrogens is 194 g/mol. The Hall–Kier alpha value is -2.30. The van der Waals surface area contributed by atoms with Crippen LogP contribution in [0, 0.1) is 0 Å². The summed E-state index contributed by atoms with van der Waals surface area (Å²) in [6, 6.07) is 6.41. The van der Waals surface area contributed by atoms with Crippen LogP contribution in [0.4, 0.5) is 5.95 Å². The van der Waals surface area contributed by atoms with Gasteiger partial charge >= 0.3 is 5.97 Å². The van der Waals surface area contributed by atoms with Crippen LogP contribution < -0.4 is 5.73 Å². The number of nitrogens with two attached hydrogens (primary N) is 1. The summed E-state index contributed by atoms with van der Waals surface area (Å²) in [5.41, 5.74) is 6.64. The average molecular weight is 203 g/mol. The highest BCUT2D eigenvalue weighted by molar-refractivity contribution is 5.87. The third-order valence-electron chi connectivity index (χ3n) is 2.06. The summed E-state index contributed by atoms with van der Waals surface area (Å²) < 4.78 is 1.67. The van der Waals surface area contributed by atoms with Gasteiger partial charge in [0.2, 0.25) is 5.95 Å². The molecule has 1 aromatic heterocycles. The maximum absolute atomic E-state index is 10.6. The van der Waals surface area contributed by atoms with Crippen LogP contribution >= 0.6 is 0 Å². The predicted molar refractivity (Wildman–Crippen MR) is 54.9 cm³/mol. The van der Waals surface area contributed by atoms with E-state index in [9.17, 15) is 4.79 Å². The fourth-order valence-corrected chi connectivity index (χ4v) is 1.30. The van der Waals surface area contributed by atoms with Gasteiger partial charge < -0.3 is 10.8 Å². The Morgan fingerprint density at radius 1 is 1.33 bits per heavy atom. The molecule has 76 valence electrons. The van der Waals surface area contributed by atoms with Crippen molar-refractivity contribution >= 4 is 11.9 Å². The number of hydrogen-bond donors (Lipinski definition) is 2. The van der Waals surface area contributed by atoms with E-state index in [0.717, 1.165) is 5.69 Å². The Morgan fingerprint density at radius 2 is 2.00 bits per heavy atom. The third-order valence-corrected chi connectivity index (χ3v) is 2.06. The lowest BCUT2D eigenvalue weighted by Crippen LogP contribution is -2.01. The zero-order valence-electron chi connectivity index (χ0n) is 7.79. The normalized spacial score (nSPS) is 10.1. The first-order chi connectivity index (χ1) is 7.18. The molecule has 0 radical (unpaired) electrons. The number of nitrogen functional groups attached to an aromatic ring is 1. The van der Waals surface area contributed by atoms with Gasteiger partial charge in [-0.2, -0.15) is 0 Å². The molecule has 0 fully saturated rings. The molecule has 0 unspecified atom stereocenters. The lowest BCUT2D eigenvalue weighted by atomic mass is 10.2. The van der Waals surface area contributed by atoms with E-state index in [2.05, 4.69) is 4.98 Å². The molecular formula is C10H9N3O2. The van der Waals surface area contributed by atoms with Gasteiger partial charge in [-0.3, -0.25) is 4.57 Å². The second-order valence-electron chi connectivity index (χ2n) is 3.01. The molecule has 0 bridgehead atoms.